The van der Waals surface area contributed by atoms with E-state index in [1.165, 1.54) is 0 Å². The minimum atomic E-state index is -0.776. The predicted octanol–water partition coefficient (Wildman–Crippen LogP) is 2.30. The molecule has 0 bridgehead atoms. The van der Waals surface area contributed by atoms with Crippen molar-refractivity contribution in [3.8, 4) is 5.88 Å². The van der Waals surface area contributed by atoms with Gasteiger partial charge < -0.3 is 14.7 Å². The molecule has 5 heteroatoms. The van der Waals surface area contributed by atoms with Crippen molar-refractivity contribution >= 4 is 22.4 Å². The van der Waals surface area contributed by atoms with Crippen LogP contribution in [0, 0.1) is 0 Å². The number of carboxylic acid groups (broad SMARTS) is 1. The van der Waals surface area contributed by atoms with Gasteiger partial charge in [0.15, 0.2) is 0 Å². The number of hydrogen-bond donors (Lipinski definition) is 1. The molecule has 1 saturated heterocycles. The van der Waals surface area contributed by atoms with Crippen molar-refractivity contribution in [3.05, 3.63) is 30.5 Å². The van der Waals surface area contributed by atoms with E-state index >= 15 is 0 Å². The average Bonchev–Trinajstić information content (AvgIpc) is 2.95. The van der Waals surface area contributed by atoms with Gasteiger partial charge in [-0.25, -0.2) is 9.78 Å². The molecule has 1 fully saturated rings. The van der Waals surface area contributed by atoms with Crippen LogP contribution in [0.4, 0.5) is 5.69 Å². The Hall–Kier alpha value is -2.30. The van der Waals surface area contributed by atoms with Crippen LogP contribution in [0.5, 0.6) is 5.88 Å². The van der Waals surface area contributed by atoms with Crippen LogP contribution >= 0.6 is 0 Å². The van der Waals surface area contributed by atoms with E-state index in [-0.39, 0.29) is 0 Å². The van der Waals surface area contributed by atoms with E-state index < -0.39 is 12.0 Å². The molecule has 2 heterocycles. The largest absolute Gasteiger partial charge is 0.480 e. The SMILES string of the molecule is COc1nccc2cccc(N3CCCC3C(=O)O)c12. The van der Waals surface area contributed by atoms with Gasteiger partial charge in [-0.1, -0.05) is 12.1 Å². The number of carbonyl (C=O) groups is 1. The minimum Gasteiger partial charge on any atom is -0.480 e. The number of benzene rings is 1. The van der Waals surface area contributed by atoms with Crippen molar-refractivity contribution in [1.82, 2.24) is 4.98 Å². The molecule has 0 spiro atoms. The monoisotopic (exact) mass is 272 g/mol. The third-order valence-electron chi connectivity index (χ3n) is 3.78. The predicted molar refractivity (Wildman–Crippen MR) is 76.3 cm³/mol. The second-order valence-electron chi connectivity index (χ2n) is 4.89. The molecule has 1 aromatic heterocycles. The standard InChI is InChI=1S/C15H16N2O3/c1-20-14-13-10(7-8-16-14)4-2-5-11(13)17-9-3-6-12(17)15(18)19/h2,4-5,7-8,12H,3,6,9H2,1H3,(H,18,19). The maximum absolute atomic E-state index is 11.4. The average molecular weight is 272 g/mol. The minimum absolute atomic E-state index is 0.467. The van der Waals surface area contributed by atoms with Gasteiger partial charge in [-0.05, 0) is 30.4 Å². The first-order chi connectivity index (χ1) is 9.72. The fourth-order valence-electron chi connectivity index (χ4n) is 2.89. The zero-order chi connectivity index (χ0) is 14.1. The van der Waals surface area contributed by atoms with Crippen molar-refractivity contribution in [3.63, 3.8) is 0 Å². The number of methoxy groups -OCH3 is 1. The quantitative estimate of drug-likeness (QED) is 0.928. The van der Waals surface area contributed by atoms with Crippen LogP contribution in [0.1, 0.15) is 12.8 Å². The number of aliphatic carboxylic acids is 1. The van der Waals surface area contributed by atoms with E-state index in [0.29, 0.717) is 12.3 Å². The van der Waals surface area contributed by atoms with E-state index in [1.54, 1.807) is 13.3 Å². The molecule has 5 nitrogen and oxygen atoms in total. The molecule has 1 aliphatic heterocycles. The molecule has 104 valence electrons. The Kier molecular flexibility index (Phi) is 3.18. The fraction of sp³-hybridized carbons (Fsp3) is 0.333. The van der Waals surface area contributed by atoms with Crippen molar-refractivity contribution < 1.29 is 14.6 Å². The summed E-state index contributed by atoms with van der Waals surface area (Å²) in [5.74, 6) is -0.239. The molecule has 0 saturated carbocycles. The number of hydrogen-bond acceptors (Lipinski definition) is 4. The number of pyridine rings is 1. The van der Waals surface area contributed by atoms with Gasteiger partial charge in [0, 0.05) is 12.7 Å². The Morgan fingerprint density at radius 1 is 1.45 bits per heavy atom. The normalized spacial score (nSPS) is 18.4. The molecular weight excluding hydrogens is 256 g/mol. The molecule has 1 N–H and O–H groups in total. The lowest BCUT2D eigenvalue weighted by molar-refractivity contribution is -0.138. The number of fused-ring (bicyclic) bond motifs is 1. The van der Waals surface area contributed by atoms with E-state index in [1.807, 2.05) is 29.2 Å². The molecule has 1 aliphatic rings. The topological polar surface area (TPSA) is 62.7 Å². The van der Waals surface area contributed by atoms with Crippen LogP contribution in [0.2, 0.25) is 0 Å². The van der Waals surface area contributed by atoms with Crippen LogP contribution in [0.15, 0.2) is 30.5 Å². The molecule has 3 rings (SSSR count). The molecule has 1 aromatic carbocycles. The van der Waals surface area contributed by atoms with Gasteiger partial charge in [-0.2, -0.15) is 0 Å². The number of rotatable bonds is 3. The number of nitrogens with zero attached hydrogens (tertiary/aromatic N) is 2. The van der Waals surface area contributed by atoms with Crippen LogP contribution in [-0.4, -0.2) is 35.8 Å². The summed E-state index contributed by atoms with van der Waals surface area (Å²) in [6, 6.07) is 7.30. The summed E-state index contributed by atoms with van der Waals surface area (Å²) >= 11 is 0. The first-order valence-corrected chi connectivity index (χ1v) is 6.63. The van der Waals surface area contributed by atoms with Gasteiger partial charge in [-0.15, -0.1) is 0 Å². The van der Waals surface area contributed by atoms with Crippen LogP contribution in [0.25, 0.3) is 10.8 Å². The van der Waals surface area contributed by atoms with Crippen molar-refractivity contribution in [1.29, 1.82) is 0 Å². The van der Waals surface area contributed by atoms with Gasteiger partial charge >= 0.3 is 5.97 Å². The summed E-state index contributed by atoms with van der Waals surface area (Å²) in [7, 11) is 1.58. The van der Waals surface area contributed by atoms with Crippen molar-refractivity contribution in [2.45, 2.75) is 18.9 Å². The van der Waals surface area contributed by atoms with Crippen LogP contribution in [-0.2, 0) is 4.79 Å². The Bertz CT molecular complexity index is 651. The van der Waals surface area contributed by atoms with E-state index in [9.17, 15) is 9.90 Å². The lowest BCUT2D eigenvalue weighted by Gasteiger charge is -2.25. The van der Waals surface area contributed by atoms with Crippen molar-refractivity contribution in [2.75, 3.05) is 18.6 Å². The summed E-state index contributed by atoms with van der Waals surface area (Å²) < 4.78 is 5.34. The van der Waals surface area contributed by atoms with E-state index in [2.05, 4.69) is 4.98 Å². The molecule has 20 heavy (non-hydrogen) atoms. The fourth-order valence-corrected chi connectivity index (χ4v) is 2.89. The zero-order valence-corrected chi connectivity index (χ0v) is 11.2. The van der Waals surface area contributed by atoms with Crippen molar-refractivity contribution in [2.24, 2.45) is 0 Å². The summed E-state index contributed by atoms with van der Waals surface area (Å²) in [5, 5.41) is 11.2. The van der Waals surface area contributed by atoms with Gasteiger partial charge in [0.1, 0.15) is 6.04 Å². The Balaban J connectivity index is 2.18. The first-order valence-electron chi connectivity index (χ1n) is 6.63. The molecule has 0 amide bonds. The second kappa shape index (κ2) is 5.00. The summed E-state index contributed by atoms with van der Waals surface area (Å²) in [6.45, 7) is 0.744. The number of carboxylic acids is 1. The van der Waals surface area contributed by atoms with Crippen LogP contribution in [0.3, 0.4) is 0 Å². The lowest BCUT2D eigenvalue weighted by atomic mass is 10.1. The number of ether oxygens (including phenoxy) is 1. The molecule has 2 aromatic rings. The summed E-state index contributed by atoms with van der Waals surface area (Å²) in [4.78, 5) is 17.6. The second-order valence-corrected chi connectivity index (χ2v) is 4.89. The van der Waals surface area contributed by atoms with Crippen LogP contribution < -0.4 is 9.64 Å². The molecule has 0 radical (unpaired) electrons. The highest BCUT2D eigenvalue weighted by Gasteiger charge is 2.32. The highest BCUT2D eigenvalue weighted by atomic mass is 16.5. The molecular formula is C15H16N2O3. The Morgan fingerprint density at radius 3 is 3.05 bits per heavy atom. The smallest absolute Gasteiger partial charge is 0.326 e. The third kappa shape index (κ3) is 1.95. The number of aromatic nitrogens is 1. The summed E-state index contributed by atoms with van der Waals surface area (Å²) in [6.07, 6.45) is 3.26. The maximum atomic E-state index is 11.4. The number of anilines is 1. The summed E-state index contributed by atoms with van der Waals surface area (Å²) in [5.41, 5.74) is 0.886. The Morgan fingerprint density at radius 2 is 2.30 bits per heavy atom. The Labute approximate surface area is 116 Å². The lowest BCUT2D eigenvalue weighted by Crippen LogP contribution is -2.36. The van der Waals surface area contributed by atoms with E-state index in [0.717, 1.165) is 29.4 Å². The maximum Gasteiger partial charge on any atom is 0.326 e. The molecule has 0 aliphatic carbocycles. The van der Waals surface area contributed by atoms with E-state index in [4.69, 9.17) is 4.74 Å². The molecule has 1 atom stereocenters. The van der Waals surface area contributed by atoms with Gasteiger partial charge in [0.05, 0.1) is 18.2 Å². The zero-order valence-electron chi connectivity index (χ0n) is 11.2. The highest BCUT2D eigenvalue weighted by Crippen LogP contribution is 2.36. The van der Waals surface area contributed by atoms with Gasteiger partial charge in [0.25, 0.3) is 0 Å². The first kappa shape index (κ1) is 12.7. The highest BCUT2D eigenvalue weighted by molar-refractivity contribution is 5.99. The van der Waals surface area contributed by atoms with Gasteiger partial charge in [-0.3, -0.25) is 0 Å². The van der Waals surface area contributed by atoms with Gasteiger partial charge in [0.2, 0.25) is 5.88 Å². The third-order valence-corrected chi connectivity index (χ3v) is 3.78. The molecule has 1 unspecified atom stereocenters.